The van der Waals surface area contributed by atoms with Crippen molar-refractivity contribution in [2.45, 2.75) is 6.92 Å². The van der Waals surface area contributed by atoms with Crippen LogP contribution in [-0.2, 0) is 4.74 Å². The summed E-state index contributed by atoms with van der Waals surface area (Å²) in [4.78, 5) is 21.6. The van der Waals surface area contributed by atoms with E-state index in [4.69, 9.17) is 0 Å². The fourth-order valence-corrected chi connectivity index (χ4v) is 1.99. The molecule has 2 rings (SSSR count). The average molecular weight is 289 g/mol. The van der Waals surface area contributed by atoms with E-state index in [1.54, 1.807) is 13.0 Å². The van der Waals surface area contributed by atoms with Crippen LogP contribution in [0.15, 0.2) is 36.4 Å². The Hall–Kier alpha value is -2.76. The molecule has 0 aliphatic carbocycles. The van der Waals surface area contributed by atoms with Crippen LogP contribution in [0.1, 0.15) is 15.9 Å². The molecule has 0 N–H and O–H groups in total. The van der Waals surface area contributed by atoms with Gasteiger partial charge in [0.05, 0.1) is 17.6 Å². The maximum absolute atomic E-state index is 14.2. The van der Waals surface area contributed by atoms with E-state index >= 15 is 0 Å². The van der Waals surface area contributed by atoms with Crippen molar-refractivity contribution in [3.63, 3.8) is 0 Å². The number of carbonyl (C=O) groups excluding carboxylic acids is 1. The first-order valence-corrected chi connectivity index (χ1v) is 6.07. The smallest absolute Gasteiger partial charge is 0.337 e. The highest BCUT2D eigenvalue weighted by atomic mass is 19.1. The molecule has 2 aromatic rings. The fourth-order valence-electron chi connectivity index (χ4n) is 1.99. The number of methoxy groups -OCH3 is 1. The summed E-state index contributed by atoms with van der Waals surface area (Å²) in [6.45, 7) is 1.73. The zero-order valence-electron chi connectivity index (χ0n) is 11.4. The number of rotatable bonds is 3. The first-order valence-electron chi connectivity index (χ1n) is 6.07. The number of nitrogens with zero attached hydrogens (tertiary/aromatic N) is 1. The molecule has 0 unspecified atom stereocenters. The van der Waals surface area contributed by atoms with E-state index in [0.717, 1.165) is 6.07 Å². The zero-order chi connectivity index (χ0) is 15.6. The van der Waals surface area contributed by atoms with Crippen LogP contribution in [-0.4, -0.2) is 18.0 Å². The van der Waals surface area contributed by atoms with Crippen LogP contribution < -0.4 is 0 Å². The van der Waals surface area contributed by atoms with Gasteiger partial charge in [-0.3, -0.25) is 10.1 Å². The largest absolute Gasteiger partial charge is 0.465 e. The van der Waals surface area contributed by atoms with Crippen molar-refractivity contribution in [2.75, 3.05) is 7.11 Å². The van der Waals surface area contributed by atoms with Gasteiger partial charge in [0.25, 0.3) is 5.69 Å². The lowest BCUT2D eigenvalue weighted by atomic mass is 9.98. The van der Waals surface area contributed by atoms with Crippen molar-refractivity contribution in [3.05, 3.63) is 63.5 Å². The lowest BCUT2D eigenvalue weighted by Gasteiger charge is -2.08. The predicted molar refractivity (Wildman–Crippen MR) is 74.6 cm³/mol. The Bertz CT molecular complexity index is 728. The van der Waals surface area contributed by atoms with Gasteiger partial charge in [0.2, 0.25) is 0 Å². The van der Waals surface area contributed by atoms with E-state index < -0.39 is 16.7 Å². The number of carbonyl (C=O) groups is 1. The summed E-state index contributed by atoms with van der Waals surface area (Å²) in [6.07, 6.45) is 0. The maximum atomic E-state index is 14.2. The number of hydrogen-bond donors (Lipinski definition) is 0. The molecule has 0 saturated heterocycles. The second-order valence-corrected chi connectivity index (χ2v) is 4.44. The molecule has 5 nitrogen and oxygen atoms in total. The predicted octanol–water partition coefficient (Wildman–Crippen LogP) is 3.50. The standard InChI is InChI=1S/C15H12FNO4/c1-9-3-5-11(17(19)20)8-13(9)12-6-4-10(7-14(12)16)15(18)21-2/h3-8H,1-2H3. The van der Waals surface area contributed by atoms with Crippen LogP contribution >= 0.6 is 0 Å². The molecule has 0 heterocycles. The Morgan fingerprint density at radius 3 is 2.48 bits per heavy atom. The van der Waals surface area contributed by atoms with E-state index in [0.29, 0.717) is 11.1 Å². The third-order valence-electron chi connectivity index (χ3n) is 3.11. The molecule has 21 heavy (non-hydrogen) atoms. The third kappa shape index (κ3) is 2.89. The van der Waals surface area contributed by atoms with Crippen LogP contribution in [0.3, 0.4) is 0 Å². The number of hydrogen-bond acceptors (Lipinski definition) is 4. The van der Waals surface area contributed by atoms with Gasteiger partial charge in [-0.15, -0.1) is 0 Å². The van der Waals surface area contributed by atoms with Crippen LogP contribution in [0.2, 0.25) is 0 Å². The highest BCUT2D eigenvalue weighted by Crippen LogP contribution is 2.30. The minimum atomic E-state index is -0.642. The molecule has 0 bridgehead atoms. The zero-order valence-corrected chi connectivity index (χ0v) is 11.4. The molecular formula is C15H12FNO4. The summed E-state index contributed by atoms with van der Waals surface area (Å²) in [5.74, 6) is -1.28. The topological polar surface area (TPSA) is 69.4 Å². The lowest BCUT2D eigenvalue weighted by Crippen LogP contribution is -2.02. The molecule has 0 radical (unpaired) electrons. The summed E-state index contributed by atoms with van der Waals surface area (Å²) < 4.78 is 18.7. The number of halogens is 1. The van der Waals surface area contributed by atoms with E-state index in [1.807, 2.05) is 0 Å². The first kappa shape index (κ1) is 14.6. The number of benzene rings is 2. The molecule has 2 aromatic carbocycles. The van der Waals surface area contributed by atoms with Crippen LogP contribution in [0.4, 0.5) is 10.1 Å². The summed E-state index contributed by atoms with van der Waals surface area (Å²) in [5, 5.41) is 10.8. The van der Waals surface area contributed by atoms with E-state index in [9.17, 15) is 19.3 Å². The number of non-ortho nitro benzene ring substituents is 1. The Labute approximate surface area is 120 Å². The van der Waals surface area contributed by atoms with Gasteiger partial charge in [-0.2, -0.15) is 0 Å². The first-order chi connectivity index (χ1) is 9.93. The Balaban J connectivity index is 2.54. The highest BCUT2D eigenvalue weighted by Gasteiger charge is 2.15. The highest BCUT2D eigenvalue weighted by molar-refractivity contribution is 5.90. The molecule has 6 heteroatoms. The van der Waals surface area contributed by atoms with Gasteiger partial charge in [0.1, 0.15) is 5.82 Å². The number of esters is 1. The van der Waals surface area contributed by atoms with Crippen molar-refractivity contribution in [3.8, 4) is 11.1 Å². The lowest BCUT2D eigenvalue weighted by molar-refractivity contribution is -0.384. The molecule has 0 amide bonds. The minimum absolute atomic E-state index is 0.0850. The quantitative estimate of drug-likeness (QED) is 0.492. The summed E-state index contributed by atoms with van der Waals surface area (Å²) >= 11 is 0. The molecule has 0 atom stereocenters. The second-order valence-electron chi connectivity index (χ2n) is 4.44. The fraction of sp³-hybridized carbons (Fsp3) is 0.133. The van der Waals surface area contributed by atoms with Gasteiger partial charge < -0.3 is 4.74 Å². The number of nitro benzene ring substituents is 1. The number of ether oxygens (including phenoxy) is 1. The molecule has 0 aromatic heterocycles. The van der Waals surface area contributed by atoms with E-state index in [-0.39, 0.29) is 16.8 Å². The van der Waals surface area contributed by atoms with Gasteiger partial charge in [-0.05, 0) is 30.2 Å². The van der Waals surface area contributed by atoms with Gasteiger partial charge >= 0.3 is 5.97 Å². The van der Waals surface area contributed by atoms with Gasteiger partial charge in [-0.25, -0.2) is 9.18 Å². The Kier molecular flexibility index (Phi) is 3.98. The Morgan fingerprint density at radius 2 is 1.90 bits per heavy atom. The van der Waals surface area contributed by atoms with Crippen LogP contribution in [0, 0.1) is 22.9 Å². The van der Waals surface area contributed by atoms with Gasteiger partial charge in [-0.1, -0.05) is 12.1 Å². The van der Waals surface area contributed by atoms with Crippen molar-refractivity contribution in [1.82, 2.24) is 0 Å². The van der Waals surface area contributed by atoms with Crippen LogP contribution in [0.5, 0.6) is 0 Å². The molecule has 0 spiro atoms. The van der Waals surface area contributed by atoms with Crippen molar-refractivity contribution < 1.29 is 18.8 Å². The second kappa shape index (κ2) is 5.70. The van der Waals surface area contributed by atoms with E-state index in [2.05, 4.69) is 4.74 Å². The number of aryl methyl sites for hydroxylation is 1. The van der Waals surface area contributed by atoms with Crippen molar-refractivity contribution in [2.24, 2.45) is 0 Å². The molecule has 0 fully saturated rings. The monoisotopic (exact) mass is 289 g/mol. The van der Waals surface area contributed by atoms with E-state index in [1.165, 1.54) is 31.4 Å². The molecule has 108 valence electrons. The van der Waals surface area contributed by atoms with Crippen LogP contribution in [0.25, 0.3) is 11.1 Å². The molecule has 0 aliphatic heterocycles. The molecule has 0 aliphatic rings. The SMILES string of the molecule is COC(=O)c1ccc(-c2cc([N+](=O)[O-])ccc2C)c(F)c1. The number of nitro groups is 1. The third-order valence-corrected chi connectivity index (χ3v) is 3.11. The average Bonchev–Trinajstić information content (AvgIpc) is 2.47. The summed E-state index contributed by atoms with van der Waals surface area (Å²) in [5.41, 5.74) is 1.28. The minimum Gasteiger partial charge on any atom is -0.465 e. The van der Waals surface area contributed by atoms with Gasteiger partial charge in [0, 0.05) is 17.7 Å². The maximum Gasteiger partial charge on any atom is 0.337 e. The summed E-state index contributed by atoms with van der Waals surface area (Å²) in [6, 6.07) is 8.11. The molecule has 0 saturated carbocycles. The van der Waals surface area contributed by atoms with Crippen molar-refractivity contribution in [1.29, 1.82) is 0 Å². The Morgan fingerprint density at radius 1 is 1.19 bits per heavy atom. The molecular weight excluding hydrogens is 277 g/mol. The summed E-state index contributed by atoms with van der Waals surface area (Å²) in [7, 11) is 1.21. The van der Waals surface area contributed by atoms with Crippen molar-refractivity contribution >= 4 is 11.7 Å². The normalized spacial score (nSPS) is 10.2. The van der Waals surface area contributed by atoms with Gasteiger partial charge in [0.15, 0.2) is 0 Å².